The second kappa shape index (κ2) is 3.93. The van der Waals surface area contributed by atoms with Crippen LogP contribution in [-0.4, -0.2) is 4.98 Å². The van der Waals surface area contributed by atoms with Crippen LogP contribution in [0.2, 0.25) is 0 Å². The van der Waals surface area contributed by atoms with Crippen molar-refractivity contribution < 1.29 is 4.11 Å². The minimum Gasteiger partial charge on any atom is -0.255 e. The van der Waals surface area contributed by atoms with Crippen LogP contribution in [0.3, 0.4) is 0 Å². The van der Waals surface area contributed by atoms with Crippen molar-refractivity contribution in [2.45, 2.75) is 6.85 Å². The first-order valence-electron chi connectivity index (χ1n) is 5.98. The summed E-state index contributed by atoms with van der Waals surface area (Å²) in [5.74, 6) is 0. The van der Waals surface area contributed by atoms with Crippen molar-refractivity contribution >= 4 is 0 Å². The summed E-state index contributed by atoms with van der Waals surface area (Å²) >= 11 is 0. The highest BCUT2D eigenvalue weighted by Crippen LogP contribution is 2.17. The maximum Gasteiger partial charge on any atom is 0.101 e. The molecule has 2 heteroatoms. The van der Waals surface area contributed by atoms with E-state index in [4.69, 9.17) is 9.37 Å². The average Bonchev–Trinajstić information content (AvgIpc) is 2.38. The Morgan fingerprint density at radius 2 is 2.00 bits per heavy atom. The molecule has 15 heavy (non-hydrogen) atoms. The van der Waals surface area contributed by atoms with Crippen molar-refractivity contribution in [1.82, 2.24) is 4.98 Å². The summed E-state index contributed by atoms with van der Waals surface area (Å²) < 4.78 is 21.8. The number of hydrogen-bond acceptors (Lipinski definition) is 2. The molecule has 0 spiro atoms. The smallest absolute Gasteiger partial charge is 0.101 e. The van der Waals surface area contributed by atoms with Gasteiger partial charge in [-0.3, -0.25) is 4.98 Å². The molecule has 0 unspecified atom stereocenters. The summed E-state index contributed by atoms with van der Waals surface area (Å²) in [7, 11) is 0. The van der Waals surface area contributed by atoms with Gasteiger partial charge in [0.15, 0.2) is 0 Å². The van der Waals surface area contributed by atoms with Gasteiger partial charge >= 0.3 is 0 Å². The van der Waals surface area contributed by atoms with Crippen molar-refractivity contribution in [3.05, 3.63) is 53.7 Å². The number of nitrogens with zero attached hydrogens (tertiary/aromatic N) is 2. The maximum absolute atomic E-state index is 8.67. The van der Waals surface area contributed by atoms with Gasteiger partial charge in [0.25, 0.3) is 0 Å². The van der Waals surface area contributed by atoms with E-state index in [-0.39, 0.29) is 0 Å². The lowest BCUT2D eigenvalue weighted by molar-refractivity contribution is 1.30. The van der Waals surface area contributed by atoms with Gasteiger partial charge in [-0.2, -0.15) is 5.26 Å². The van der Waals surface area contributed by atoms with Gasteiger partial charge in [-0.05, 0) is 19.0 Å². The maximum atomic E-state index is 8.67. The third kappa shape index (κ3) is 2.03. The average molecular weight is 197 g/mol. The van der Waals surface area contributed by atoms with E-state index in [0.717, 1.165) is 5.56 Å². The molecular weight excluding hydrogens is 184 g/mol. The Morgan fingerprint density at radius 1 is 1.20 bits per heavy atom. The van der Waals surface area contributed by atoms with Gasteiger partial charge in [0.1, 0.15) is 6.07 Å². The zero-order valence-corrected chi connectivity index (χ0v) is 7.94. The van der Waals surface area contributed by atoms with Crippen molar-refractivity contribution in [1.29, 1.82) is 5.26 Å². The van der Waals surface area contributed by atoms with E-state index in [9.17, 15) is 0 Å². The number of hydrogen-bond donors (Lipinski definition) is 0. The second-order valence-corrected chi connectivity index (χ2v) is 3.12. The lowest BCUT2D eigenvalue weighted by Crippen LogP contribution is -1.84. The zero-order chi connectivity index (χ0) is 13.2. The molecule has 0 bridgehead atoms. The largest absolute Gasteiger partial charge is 0.255 e. The first-order chi connectivity index (χ1) is 8.50. The summed E-state index contributed by atoms with van der Waals surface area (Å²) in [6, 6.07) is 12.0. The van der Waals surface area contributed by atoms with E-state index in [1.54, 1.807) is 36.4 Å². The van der Waals surface area contributed by atoms with Gasteiger partial charge in [0.05, 0.1) is 11.3 Å². The second-order valence-electron chi connectivity index (χ2n) is 3.12. The van der Waals surface area contributed by atoms with Crippen LogP contribution < -0.4 is 0 Å². The topological polar surface area (TPSA) is 36.7 Å². The molecule has 0 saturated carbocycles. The molecule has 0 N–H and O–H groups in total. The van der Waals surface area contributed by atoms with Gasteiger partial charge in [-0.15, -0.1) is 0 Å². The number of benzene rings is 1. The van der Waals surface area contributed by atoms with Crippen LogP contribution in [0, 0.1) is 18.2 Å². The molecule has 0 fully saturated rings. The van der Waals surface area contributed by atoms with Crippen molar-refractivity contribution in [3.63, 3.8) is 0 Å². The fourth-order valence-corrected chi connectivity index (χ4v) is 1.27. The Hall–Kier alpha value is -2.14. The van der Waals surface area contributed by atoms with Gasteiger partial charge in [0.2, 0.25) is 0 Å². The monoisotopic (exact) mass is 197 g/mol. The SMILES string of the molecule is [2H]C([2H])([2H])c1ccc(-c2ccc(C#N)cn2)cc1. The molecule has 0 radical (unpaired) electrons. The van der Waals surface area contributed by atoms with E-state index in [1.807, 2.05) is 6.07 Å². The van der Waals surface area contributed by atoms with Gasteiger partial charge < -0.3 is 0 Å². The molecule has 0 amide bonds. The molecule has 1 aromatic carbocycles. The van der Waals surface area contributed by atoms with Crippen molar-refractivity contribution in [3.8, 4) is 17.3 Å². The fraction of sp³-hybridized carbons (Fsp3) is 0.0769. The predicted octanol–water partition coefficient (Wildman–Crippen LogP) is 2.93. The van der Waals surface area contributed by atoms with Crippen LogP contribution >= 0.6 is 0 Å². The van der Waals surface area contributed by atoms with Crippen LogP contribution in [0.5, 0.6) is 0 Å². The summed E-state index contributed by atoms with van der Waals surface area (Å²) in [6.45, 7) is -2.09. The first kappa shape index (κ1) is 6.36. The summed E-state index contributed by atoms with van der Waals surface area (Å²) in [5.41, 5.74) is 2.34. The molecule has 0 aliphatic carbocycles. The molecule has 2 aromatic rings. The lowest BCUT2D eigenvalue weighted by atomic mass is 10.1. The van der Waals surface area contributed by atoms with E-state index in [0.29, 0.717) is 16.8 Å². The molecule has 72 valence electrons. The van der Waals surface area contributed by atoms with Crippen LogP contribution in [0.4, 0.5) is 0 Å². The van der Waals surface area contributed by atoms with E-state index >= 15 is 0 Å². The molecule has 0 aliphatic heterocycles. The summed E-state index contributed by atoms with van der Waals surface area (Å²) in [5, 5.41) is 8.67. The highest BCUT2D eigenvalue weighted by molar-refractivity contribution is 5.59. The fourth-order valence-electron chi connectivity index (χ4n) is 1.27. The molecule has 2 rings (SSSR count). The standard InChI is InChI=1S/C13H10N2/c1-10-2-5-12(6-3-10)13-7-4-11(8-14)9-15-13/h2-7,9H,1H3/i1D3. The number of aryl methyl sites for hydroxylation is 1. The minimum atomic E-state index is -2.09. The van der Waals surface area contributed by atoms with Crippen molar-refractivity contribution in [2.24, 2.45) is 0 Å². The lowest BCUT2D eigenvalue weighted by Gasteiger charge is -2.00. The highest BCUT2D eigenvalue weighted by atomic mass is 14.7. The molecule has 2 nitrogen and oxygen atoms in total. The summed E-state index contributed by atoms with van der Waals surface area (Å²) in [6.07, 6.45) is 1.49. The third-order valence-electron chi connectivity index (χ3n) is 2.07. The van der Waals surface area contributed by atoms with Crippen LogP contribution in [0.15, 0.2) is 42.6 Å². The minimum absolute atomic E-state index is 0.305. The highest BCUT2D eigenvalue weighted by Gasteiger charge is 1.98. The predicted molar refractivity (Wildman–Crippen MR) is 59.1 cm³/mol. The first-order valence-corrected chi connectivity index (χ1v) is 4.48. The molecule has 0 aliphatic rings. The summed E-state index contributed by atoms with van der Waals surface area (Å²) in [4.78, 5) is 4.15. The Kier molecular flexibility index (Phi) is 1.67. The normalized spacial score (nSPS) is 13.4. The molecule has 1 aromatic heterocycles. The molecular formula is C13H10N2. The Balaban J connectivity index is 2.32. The Bertz CT molecular complexity index is 578. The molecule has 0 atom stereocenters. The van der Waals surface area contributed by atoms with E-state index in [1.165, 1.54) is 6.20 Å². The number of pyridine rings is 1. The number of aromatic nitrogens is 1. The molecule has 1 heterocycles. The Morgan fingerprint density at radius 3 is 2.53 bits per heavy atom. The van der Waals surface area contributed by atoms with Gasteiger partial charge in [-0.1, -0.05) is 29.8 Å². The van der Waals surface area contributed by atoms with Crippen LogP contribution in [0.1, 0.15) is 15.2 Å². The third-order valence-corrected chi connectivity index (χ3v) is 2.07. The Labute approximate surface area is 93.0 Å². The van der Waals surface area contributed by atoms with E-state index < -0.39 is 6.85 Å². The van der Waals surface area contributed by atoms with Crippen molar-refractivity contribution in [2.75, 3.05) is 0 Å². The quantitative estimate of drug-likeness (QED) is 0.704. The van der Waals surface area contributed by atoms with Gasteiger partial charge in [-0.25, -0.2) is 0 Å². The van der Waals surface area contributed by atoms with Gasteiger partial charge in [0, 0.05) is 15.9 Å². The number of nitriles is 1. The van der Waals surface area contributed by atoms with Crippen LogP contribution in [0.25, 0.3) is 11.3 Å². The zero-order valence-electron chi connectivity index (χ0n) is 10.9. The van der Waals surface area contributed by atoms with E-state index in [2.05, 4.69) is 4.98 Å². The molecule has 0 saturated heterocycles. The number of rotatable bonds is 1. The van der Waals surface area contributed by atoms with Crippen LogP contribution in [-0.2, 0) is 0 Å².